The number of nitrogens with one attached hydrogen (secondary N) is 2. The first-order chi connectivity index (χ1) is 9.01. The smallest absolute Gasteiger partial charge is 0.242 e. The molecular formula is C12H15N3O3S. The van der Waals surface area contributed by atoms with Gasteiger partial charge in [0.25, 0.3) is 0 Å². The quantitative estimate of drug-likeness (QED) is 0.751. The third-order valence-corrected chi connectivity index (χ3v) is 4.02. The summed E-state index contributed by atoms with van der Waals surface area (Å²) in [5.74, 6) is 0. The summed E-state index contributed by atoms with van der Waals surface area (Å²) < 4.78 is 26.4. The van der Waals surface area contributed by atoms with Gasteiger partial charge in [-0.3, -0.25) is 4.98 Å². The first-order valence-corrected chi connectivity index (χ1v) is 7.19. The Morgan fingerprint density at radius 3 is 2.79 bits per heavy atom. The van der Waals surface area contributed by atoms with E-state index in [9.17, 15) is 8.42 Å². The fourth-order valence-electron chi connectivity index (χ4n) is 1.53. The molecule has 7 heteroatoms. The van der Waals surface area contributed by atoms with Crippen molar-refractivity contribution in [3.05, 3.63) is 47.5 Å². The second-order valence-electron chi connectivity index (χ2n) is 4.15. The summed E-state index contributed by atoms with van der Waals surface area (Å²) >= 11 is 0. The second-order valence-corrected chi connectivity index (χ2v) is 5.92. The van der Waals surface area contributed by atoms with Crippen LogP contribution >= 0.6 is 0 Å². The molecule has 19 heavy (non-hydrogen) atoms. The Morgan fingerprint density at radius 1 is 1.42 bits per heavy atom. The van der Waals surface area contributed by atoms with Gasteiger partial charge in [-0.15, -0.1) is 0 Å². The minimum atomic E-state index is -3.58. The number of aliphatic hydroxyl groups excluding tert-OH is 1. The van der Waals surface area contributed by atoms with Crippen molar-refractivity contribution >= 4 is 10.0 Å². The average Bonchev–Trinajstić information content (AvgIpc) is 2.88. The highest BCUT2D eigenvalue weighted by atomic mass is 32.2. The van der Waals surface area contributed by atoms with Crippen LogP contribution in [0.5, 0.6) is 0 Å². The number of H-pyrrole nitrogens is 1. The number of aliphatic hydroxyl groups is 1. The lowest BCUT2D eigenvalue weighted by atomic mass is 10.2. The third kappa shape index (κ3) is 3.40. The predicted octanol–water partition coefficient (Wildman–Crippen LogP) is 0.689. The van der Waals surface area contributed by atoms with Crippen molar-refractivity contribution in [2.75, 3.05) is 0 Å². The number of rotatable bonds is 5. The molecule has 6 nitrogen and oxygen atoms in total. The molecule has 2 rings (SSSR count). The SMILES string of the molecule is Cc1ccc(CNS(=O)(=O)c2c[nH]c(CO)c2)cn1. The average molecular weight is 281 g/mol. The highest BCUT2D eigenvalue weighted by molar-refractivity contribution is 7.89. The van der Waals surface area contributed by atoms with Gasteiger partial charge < -0.3 is 10.1 Å². The first-order valence-electron chi connectivity index (χ1n) is 5.70. The molecule has 0 spiro atoms. The van der Waals surface area contributed by atoms with E-state index in [-0.39, 0.29) is 18.0 Å². The van der Waals surface area contributed by atoms with Crippen LogP contribution in [0.1, 0.15) is 17.0 Å². The molecule has 2 aromatic rings. The molecule has 0 saturated carbocycles. The van der Waals surface area contributed by atoms with Gasteiger partial charge in [0, 0.05) is 30.3 Å². The van der Waals surface area contributed by atoms with Crippen molar-refractivity contribution in [3.8, 4) is 0 Å². The van der Waals surface area contributed by atoms with Crippen LogP contribution in [0.3, 0.4) is 0 Å². The molecule has 0 atom stereocenters. The van der Waals surface area contributed by atoms with Crippen molar-refractivity contribution < 1.29 is 13.5 Å². The zero-order valence-electron chi connectivity index (χ0n) is 10.4. The van der Waals surface area contributed by atoms with Crippen molar-refractivity contribution in [3.63, 3.8) is 0 Å². The maximum atomic E-state index is 12.0. The summed E-state index contributed by atoms with van der Waals surface area (Å²) in [5, 5.41) is 8.90. The number of aromatic amines is 1. The van der Waals surface area contributed by atoms with Crippen molar-refractivity contribution in [1.29, 1.82) is 0 Å². The molecule has 0 aliphatic rings. The molecule has 0 radical (unpaired) electrons. The predicted molar refractivity (Wildman–Crippen MR) is 69.7 cm³/mol. The highest BCUT2D eigenvalue weighted by Crippen LogP contribution is 2.11. The fraction of sp³-hybridized carbons (Fsp3) is 0.250. The van der Waals surface area contributed by atoms with Gasteiger partial charge in [0.1, 0.15) is 0 Å². The molecule has 102 valence electrons. The number of aryl methyl sites for hydroxylation is 1. The molecular weight excluding hydrogens is 266 g/mol. The largest absolute Gasteiger partial charge is 0.390 e. The Hall–Kier alpha value is -1.70. The van der Waals surface area contributed by atoms with Gasteiger partial charge in [0.15, 0.2) is 0 Å². The molecule has 0 aliphatic carbocycles. The van der Waals surface area contributed by atoms with Gasteiger partial charge in [0.05, 0.1) is 11.5 Å². The Kier molecular flexibility index (Phi) is 3.98. The van der Waals surface area contributed by atoms with E-state index in [2.05, 4.69) is 14.7 Å². The van der Waals surface area contributed by atoms with Crippen LogP contribution in [0.15, 0.2) is 35.5 Å². The molecule has 3 N–H and O–H groups in total. The number of pyridine rings is 1. The molecule has 0 unspecified atom stereocenters. The summed E-state index contributed by atoms with van der Waals surface area (Å²) in [6.07, 6.45) is 2.98. The topological polar surface area (TPSA) is 95.1 Å². The minimum absolute atomic E-state index is 0.108. The van der Waals surface area contributed by atoms with Gasteiger partial charge >= 0.3 is 0 Å². The molecule has 0 aliphatic heterocycles. The third-order valence-electron chi connectivity index (χ3n) is 2.64. The summed E-state index contributed by atoms with van der Waals surface area (Å²) in [7, 11) is -3.58. The molecule has 0 aromatic carbocycles. The number of sulfonamides is 1. The van der Waals surface area contributed by atoms with E-state index in [1.165, 1.54) is 12.3 Å². The van der Waals surface area contributed by atoms with Gasteiger partial charge in [-0.1, -0.05) is 6.07 Å². The monoisotopic (exact) mass is 281 g/mol. The maximum Gasteiger partial charge on any atom is 0.242 e. The van der Waals surface area contributed by atoms with E-state index >= 15 is 0 Å². The van der Waals surface area contributed by atoms with Crippen LogP contribution in [-0.2, 0) is 23.2 Å². The molecule has 0 fully saturated rings. The lowest BCUT2D eigenvalue weighted by Crippen LogP contribution is -2.22. The van der Waals surface area contributed by atoms with Crippen molar-refractivity contribution in [2.24, 2.45) is 0 Å². The summed E-state index contributed by atoms with van der Waals surface area (Å²) in [6.45, 7) is 1.82. The van der Waals surface area contributed by atoms with Gasteiger partial charge in [-0.2, -0.15) is 0 Å². The van der Waals surface area contributed by atoms with Gasteiger partial charge in [-0.25, -0.2) is 13.1 Å². The van der Waals surface area contributed by atoms with E-state index in [4.69, 9.17) is 5.11 Å². The molecule has 2 heterocycles. The number of hydrogen-bond acceptors (Lipinski definition) is 4. The Labute approximate surface area is 111 Å². The Morgan fingerprint density at radius 2 is 2.21 bits per heavy atom. The number of nitrogens with zero attached hydrogens (tertiary/aromatic N) is 1. The van der Waals surface area contributed by atoms with Crippen molar-refractivity contribution in [1.82, 2.24) is 14.7 Å². The van der Waals surface area contributed by atoms with Crippen molar-refractivity contribution in [2.45, 2.75) is 25.0 Å². The highest BCUT2D eigenvalue weighted by Gasteiger charge is 2.15. The molecule has 2 aromatic heterocycles. The normalized spacial score (nSPS) is 11.7. The van der Waals surface area contributed by atoms with Crippen LogP contribution in [0.2, 0.25) is 0 Å². The Balaban J connectivity index is 2.07. The lowest BCUT2D eigenvalue weighted by molar-refractivity contribution is 0.277. The van der Waals surface area contributed by atoms with Crippen LogP contribution in [-0.4, -0.2) is 23.5 Å². The van der Waals surface area contributed by atoms with Crippen LogP contribution in [0.25, 0.3) is 0 Å². The Bertz CT molecular complexity index is 647. The maximum absolute atomic E-state index is 12.0. The minimum Gasteiger partial charge on any atom is -0.390 e. The standard InChI is InChI=1S/C12H15N3O3S/c1-9-2-3-10(5-13-9)6-15-19(17,18)12-4-11(8-16)14-7-12/h2-5,7,14-16H,6,8H2,1H3. The van der Waals surface area contributed by atoms with Gasteiger partial charge in [0.2, 0.25) is 10.0 Å². The number of aromatic nitrogens is 2. The van der Waals surface area contributed by atoms with Crippen LogP contribution in [0.4, 0.5) is 0 Å². The molecule has 0 saturated heterocycles. The van der Waals surface area contributed by atoms with Crippen LogP contribution < -0.4 is 4.72 Å². The summed E-state index contributed by atoms with van der Waals surface area (Å²) in [4.78, 5) is 6.89. The number of hydrogen-bond donors (Lipinski definition) is 3. The van der Waals surface area contributed by atoms with E-state index in [1.807, 2.05) is 19.1 Å². The fourth-order valence-corrected chi connectivity index (χ4v) is 2.56. The molecule has 0 amide bonds. The zero-order chi connectivity index (χ0) is 13.9. The van der Waals surface area contributed by atoms with E-state index < -0.39 is 10.0 Å². The second kappa shape index (κ2) is 5.52. The van der Waals surface area contributed by atoms with E-state index in [0.29, 0.717) is 5.69 Å². The van der Waals surface area contributed by atoms with E-state index in [0.717, 1.165) is 11.3 Å². The summed E-state index contributed by atoms with van der Waals surface area (Å²) in [6, 6.07) is 5.04. The van der Waals surface area contributed by atoms with Crippen LogP contribution in [0, 0.1) is 6.92 Å². The zero-order valence-corrected chi connectivity index (χ0v) is 11.2. The molecule has 0 bridgehead atoms. The van der Waals surface area contributed by atoms with Gasteiger partial charge in [-0.05, 0) is 24.6 Å². The van der Waals surface area contributed by atoms with E-state index in [1.54, 1.807) is 6.20 Å². The lowest BCUT2D eigenvalue weighted by Gasteiger charge is -2.05. The first kappa shape index (κ1) is 13.7. The summed E-state index contributed by atoms with van der Waals surface area (Å²) in [5.41, 5.74) is 2.12.